The highest BCUT2D eigenvalue weighted by molar-refractivity contribution is 8.93. The molecule has 1 aliphatic heterocycles. The van der Waals surface area contributed by atoms with Crippen LogP contribution in [0.2, 0.25) is 0 Å². The zero-order valence-electron chi connectivity index (χ0n) is 11.1. The number of hydrogen-bond donors (Lipinski definition) is 1. The summed E-state index contributed by atoms with van der Waals surface area (Å²) >= 11 is 0. The van der Waals surface area contributed by atoms with Crippen LogP contribution < -0.4 is 0 Å². The lowest BCUT2D eigenvalue weighted by molar-refractivity contribution is 0.239. The summed E-state index contributed by atoms with van der Waals surface area (Å²) < 4.78 is 0. The molecule has 0 amide bonds. The van der Waals surface area contributed by atoms with Gasteiger partial charge < -0.3 is 5.11 Å². The van der Waals surface area contributed by atoms with Crippen LogP contribution in [-0.4, -0.2) is 29.1 Å². The van der Waals surface area contributed by atoms with Gasteiger partial charge in [-0.1, -0.05) is 18.6 Å². The lowest BCUT2D eigenvalue weighted by Gasteiger charge is -2.36. The first-order chi connectivity index (χ1) is 8.13. The van der Waals surface area contributed by atoms with Gasteiger partial charge in [-0.25, -0.2) is 0 Å². The van der Waals surface area contributed by atoms with Crippen molar-refractivity contribution in [3.05, 3.63) is 29.8 Å². The number of benzene rings is 1. The number of fused-ring (bicyclic) bond motifs is 2. The lowest BCUT2D eigenvalue weighted by Crippen LogP contribution is -2.38. The average Bonchev–Trinajstić information content (AvgIpc) is 2.52. The molecule has 1 aliphatic carbocycles. The molecular weight excluding hydrogens is 290 g/mol. The van der Waals surface area contributed by atoms with Crippen molar-refractivity contribution in [2.75, 3.05) is 7.05 Å². The van der Waals surface area contributed by atoms with Crippen LogP contribution in [0.15, 0.2) is 24.3 Å². The highest BCUT2D eigenvalue weighted by Crippen LogP contribution is 2.51. The zero-order valence-corrected chi connectivity index (χ0v) is 12.8. The van der Waals surface area contributed by atoms with E-state index in [2.05, 4.69) is 24.9 Å². The SMILES string of the molecule is Br.C[C@@H]1N(C)[C@@H]2CCC[C@@]1(c1cccc(O)c1)C2. The van der Waals surface area contributed by atoms with E-state index in [-0.39, 0.29) is 22.4 Å². The van der Waals surface area contributed by atoms with Crippen LogP contribution in [0.1, 0.15) is 38.2 Å². The number of phenolic OH excluding ortho intramolecular Hbond substituents is 1. The summed E-state index contributed by atoms with van der Waals surface area (Å²) in [5, 5.41) is 9.71. The third-order valence-electron chi connectivity index (χ3n) is 5.17. The summed E-state index contributed by atoms with van der Waals surface area (Å²) in [6, 6.07) is 9.23. The minimum atomic E-state index is 0. The predicted octanol–water partition coefficient (Wildman–Crippen LogP) is 3.48. The Kier molecular flexibility index (Phi) is 3.75. The van der Waals surface area contributed by atoms with Gasteiger partial charge in [0, 0.05) is 17.5 Å². The maximum absolute atomic E-state index is 9.71. The van der Waals surface area contributed by atoms with Crippen molar-refractivity contribution in [1.29, 1.82) is 0 Å². The van der Waals surface area contributed by atoms with E-state index < -0.39 is 0 Å². The van der Waals surface area contributed by atoms with Crippen molar-refractivity contribution in [1.82, 2.24) is 4.90 Å². The molecule has 1 saturated heterocycles. The molecule has 0 spiro atoms. The quantitative estimate of drug-likeness (QED) is 0.858. The predicted molar refractivity (Wildman–Crippen MR) is 79.6 cm³/mol. The Morgan fingerprint density at radius 3 is 2.89 bits per heavy atom. The summed E-state index contributed by atoms with van der Waals surface area (Å²) in [5.41, 5.74) is 1.61. The second kappa shape index (κ2) is 4.86. The number of hydrogen-bond acceptors (Lipinski definition) is 2. The van der Waals surface area contributed by atoms with Crippen LogP contribution >= 0.6 is 17.0 Å². The number of nitrogens with zero attached hydrogens (tertiary/aromatic N) is 1. The molecule has 2 aliphatic rings. The van der Waals surface area contributed by atoms with E-state index in [1.54, 1.807) is 6.07 Å². The molecule has 1 saturated carbocycles. The van der Waals surface area contributed by atoms with Gasteiger partial charge in [-0.05, 0) is 50.9 Å². The molecule has 3 rings (SSSR count). The highest BCUT2D eigenvalue weighted by atomic mass is 79.9. The fourth-order valence-corrected chi connectivity index (χ4v) is 4.03. The maximum atomic E-state index is 9.71. The van der Waals surface area contributed by atoms with Crippen LogP contribution in [0.5, 0.6) is 5.75 Å². The van der Waals surface area contributed by atoms with Gasteiger partial charge in [0.1, 0.15) is 5.75 Å². The summed E-state index contributed by atoms with van der Waals surface area (Å²) in [5.74, 6) is 0.403. The van der Waals surface area contributed by atoms with Gasteiger partial charge in [-0.2, -0.15) is 0 Å². The van der Waals surface area contributed by atoms with Crippen molar-refractivity contribution in [3.63, 3.8) is 0 Å². The molecule has 0 unspecified atom stereocenters. The normalized spacial score (nSPS) is 35.2. The first-order valence-electron chi connectivity index (χ1n) is 6.65. The van der Waals surface area contributed by atoms with Gasteiger partial charge in [0.2, 0.25) is 0 Å². The second-order valence-corrected chi connectivity index (χ2v) is 5.80. The smallest absolute Gasteiger partial charge is 0.115 e. The summed E-state index contributed by atoms with van der Waals surface area (Å²) in [4.78, 5) is 2.54. The molecule has 1 N–H and O–H groups in total. The van der Waals surface area contributed by atoms with Crippen molar-refractivity contribution < 1.29 is 5.11 Å². The van der Waals surface area contributed by atoms with E-state index in [1.807, 2.05) is 12.1 Å². The van der Waals surface area contributed by atoms with E-state index in [0.29, 0.717) is 11.8 Å². The molecule has 2 nitrogen and oxygen atoms in total. The lowest BCUT2D eigenvalue weighted by atomic mass is 9.67. The van der Waals surface area contributed by atoms with Crippen LogP contribution in [0.4, 0.5) is 0 Å². The second-order valence-electron chi connectivity index (χ2n) is 5.80. The first kappa shape index (κ1) is 13.9. The van der Waals surface area contributed by atoms with Gasteiger partial charge in [0.05, 0.1) is 0 Å². The number of halogens is 1. The molecule has 0 radical (unpaired) electrons. The van der Waals surface area contributed by atoms with Crippen LogP contribution in [0, 0.1) is 0 Å². The minimum Gasteiger partial charge on any atom is -0.508 e. The van der Waals surface area contributed by atoms with Crippen molar-refractivity contribution in [2.45, 2.75) is 50.1 Å². The van der Waals surface area contributed by atoms with E-state index in [0.717, 1.165) is 6.04 Å². The molecule has 3 heteroatoms. The molecule has 2 fully saturated rings. The Hall–Kier alpha value is -0.540. The number of rotatable bonds is 1. The summed E-state index contributed by atoms with van der Waals surface area (Å²) in [6.07, 6.45) is 5.17. The first-order valence-corrected chi connectivity index (χ1v) is 6.65. The molecular formula is C15H22BrNO. The monoisotopic (exact) mass is 311 g/mol. The Labute approximate surface area is 120 Å². The molecule has 1 heterocycles. The van der Waals surface area contributed by atoms with Crippen LogP contribution in [0.25, 0.3) is 0 Å². The van der Waals surface area contributed by atoms with Gasteiger partial charge in [-0.15, -0.1) is 17.0 Å². The van der Waals surface area contributed by atoms with E-state index in [9.17, 15) is 5.11 Å². The third-order valence-corrected chi connectivity index (χ3v) is 5.17. The molecule has 100 valence electrons. The molecule has 0 aromatic heterocycles. The largest absolute Gasteiger partial charge is 0.508 e. The van der Waals surface area contributed by atoms with Crippen molar-refractivity contribution >= 4 is 17.0 Å². The molecule has 2 bridgehead atoms. The number of aromatic hydroxyl groups is 1. The Morgan fingerprint density at radius 1 is 1.39 bits per heavy atom. The maximum Gasteiger partial charge on any atom is 0.115 e. The topological polar surface area (TPSA) is 23.5 Å². The zero-order chi connectivity index (χ0) is 12.0. The van der Waals surface area contributed by atoms with E-state index >= 15 is 0 Å². The molecule has 18 heavy (non-hydrogen) atoms. The van der Waals surface area contributed by atoms with E-state index in [1.165, 1.54) is 31.2 Å². The van der Waals surface area contributed by atoms with Crippen molar-refractivity contribution in [2.24, 2.45) is 0 Å². The number of likely N-dealkylation sites (N-methyl/N-ethyl adjacent to an activating group) is 1. The van der Waals surface area contributed by atoms with Crippen LogP contribution in [0.3, 0.4) is 0 Å². The molecule has 3 atom stereocenters. The Bertz CT molecular complexity index is 436. The Balaban J connectivity index is 0.00000120. The molecule has 1 aromatic rings. The highest BCUT2D eigenvalue weighted by Gasteiger charge is 2.51. The standard InChI is InChI=1S/C15H21NO.BrH/c1-11-15(12-5-3-7-14(17)9-12)8-4-6-13(10-15)16(11)2;/h3,5,7,9,11,13,17H,4,6,8,10H2,1-2H3;1H/t11-,13+,15+;/m0./s1. The van der Waals surface area contributed by atoms with Crippen LogP contribution in [-0.2, 0) is 5.41 Å². The number of likely N-dealkylation sites (tertiary alicyclic amines) is 1. The average molecular weight is 312 g/mol. The van der Waals surface area contributed by atoms with Gasteiger partial charge in [-0.3, -0.25) is 4.90 Å². The summed E-state index contributed by atoms with van der Waals surface area (Å²) in [6.45, 7) is 2.34. The molecule has 1 aromatic carbocycles. The fourth-order valence-electron chi connectivity index (χ4n) is 4.03. The van der Waals surface area contributed by atoms with Crippen molar-refractivity contribution in [3.8, 4) is 5.75 Å². The van der Waals surface area contributed by atoms with Gasteiger partial charge in [0.15, 0.2) is 0 Å². The minimum absolute atomic E-state index is 0. The fraction of sp³-hybridized carbons (Fsp3) is 0.600. The van der Waals surface area contributed by atoms with Gasteiger partial charge >= 0.3 is 0 Å². The van der Waals surface area contributed by atoms with E-state index in [4.69, 9.17) is 0 Å². The summed E-state index contributed by atoms with van der Waals surface area (Å²) in [7, 11) is 2.26. The van der Waals surface area contributed by atoms with Gasteiger partial charge in [0.25, 0.3) is 0 Å². The Morgan fingerprint density at radius 2 is 2.17 bits per heavy atom. The number of phenols is 1. The third kappa shape index (κ3) is 1.88.